The minimum absolute atomic E-state index is 0.254. The van der Waals surface area contributed by atoms with Gasteiger partial charge in [0.05, 0.1) is 11.4 Å². The van der Waals surface area contributed by atoms with E-state index >= 15 is 0 Å². The van der Waals surface area contributed by atoms with Crippen LogP contribution in [0.15, 0.2) is 63.8 Å². The molecule has 116 valence electrons. The van der Waals surface area contributed by atoms with Gasteiger partial charge in [0.15, 0.2) is 5.69 Å². The summed E-state index contributed by atoms with van der Waals surface area (Å²) < 4.78 is 0. The summed E-state index contributed by atoms with van der Waals surface area (Å²) in [5.41, 5.74) is 3.31. The number of hydrogen-bond donors (Lipinski definition) is 2. The molecular weight excluding hydrogens is 290 g/mol. The van der Waals surface area contributed by atoms with Gasteiger partial charge in [-0.3, -0.25) is 20.0 Å². The topological polar surface area (TPSA) is 86.3 Å². The molecule has 0 unspecified atom stereocenters. The van der Waals surface area contributed by atoms with Crippen LogP contribution in [0, 0.1) is 0 Å². The third-order valence-corrected chi connectivity index (χ3v) is 3.55. The van der Waals surface area contributed by atoms with E-state index in [1.807, 2.05) is 24.3 Å². The fraction of sp³-hybridized carbons (Fsp3) is 0.176. The monoisotopic (exact) mass is 307 g/mol. The minimum Gasteiger partial charge on any atom is -0.295 e. The molecule has 1 aromatic carbocycles. The van der Waals surface area contributed by atoms with Crippen LogP contribution >= 0.6 is 0 Å². The lowest BCUT2D eigenvalue weighted by molar-refractivity contribution is 0.866. The SMILES string of the molecule is CC(C)c1ccc(N=Nc2c(-c3ccncc3)[nH][nH]c2=O)cc1. The molecule has 0 fully saturated rings. The first-order chi connectivity index (χ1) is 11.1. The Balaban J connectivity index is 1.91. The average Bonchev–Trinajstić information content (AvgIpc) is 2.95. The summed E-state index contributed by atoms with van der Waals surface area (Å²) in [6.07, 6.45) is 3.32. The van der Waals surface area contributed by atoms with Crippen LogP contribution < -0.4 is 5.56 Å². The van der Waals surface area contributed by atoms with Crippen molar-refractivity contribution in [2.75, 3.05) is 0 Å². The Morgan fingerprint density at radius 3 is 2.30 bits per heavy atom. The van der Waals surface area contributed by atoms with Crippen LogP contribution in [0.5, 0.6) is 0 Å². The molecule has 0 aliphatic carbocycles. The predicted molar refractivity (Wildman–Crippen MR) is 89.4 cm³/mol. The second kappa shape index (κ2) is 6.39. The van der Waals surface area contributed by atoms with Crippen LogP contribution in [0.2, 0.25) is 0 Å². The number of hydrogen-bond acceptors (Lipinski definition) is 4. The number of aromatic amines is 2. The summed E-state index contributed by atoms with van der Waals surface area (Å²) in [7, 11) is 0. The van der Waals surface area contributed by atoms with E-state index in [2.05, 4.69) is 39.3 Å². The maximum Gasteiger partial charge on any atom is 0.292 e. The van der Waals surface area contributed by atoms with Gasteiger partial charge in [0, 0.05) is 18.0 Å². The van der Waals surface area contributed by atoms with Crippen LogP contribution in [0.3, 0.4) is 0 Å². The van der Waals surface area contributed by atoms with E-state index in [1.54, 1.807) is 24.5 Å². The first-order valence-corrected chi connectivity index (χ1v) is 7.38. The predicted octanol–water partition coefficient (Wildman–Crippen LogP) is 4.30. The Hall–Kier alpha value is -3.02. The van der Waals surface area contributed by atoms with Crippen molar-refractivity contribution in [2.45, 2.75) is 19.8 Å². The lowest BCUT2D eigenvalue weighted by atomic mass is 10.0. The molecule has 0 aliphatic heterocycles. The molecule has 0 saturated heterocycles. The molecule has 0 bridgehead atoms. The van der Waals surface area contributed by atoms with Crippen molar-refractivity contribution in [3.05, 3.63) is 64.7 Å². The summed E-state index contributed by atoms with van der Waals surface area (Å²) >= 11 is 0. The standard InChI is InChI=1S/C17H17N5O/c1-11(2)12-3-5-14(6-4-12)19-21-16-15(20-22-17(16)23)13-7-9-18-10-8-13/h3-11H,1-2H3,(H2,20,22,23). The fourth-order valence-electron chi connectivity index (χ4n) is 2.21. The number of aromatic nitrogens is 3. The Morgan fingerprint density at radius 1 is 0.957 bits per heavy atom. The second-order valence-corrected chi connectivity index (χ2v) is 5.48. The van der Waals surface area contributed by atoms with E-state index in [4.69, 9.17) is 0 Å². The Labute approximate surface area is 133 Å². The zero-order chi connectivity index (χ0) is 16.2. The quantitative estimate of drug-likeness (QED) is 0.704. The highest BCUT2D eigenvalue weighted by molar-refractivity contribution is 5.70. The van der Waals surface area contributed by atoms with E-state index in [-0.39, 0.29) is 11.2 Å². The highest BCUT2D eigenvalue weighted by Crippen LogP contribution is 2.26. The largest absolute Gasteiger partial charge is 0.295 e. The maximum absolute atomic E-state index is 11.9. The summed E-state index contributed by atoms with van der Waals surface area (Å²) in [5.74, 6) is 0.465. The van der Waals surface area contributed by atoms with Gasteiger partial charge in [-0.2, -0.15) is 5.11 Å². The van der Waals surface area contributed by atoms with Gasteiger partial charge in [-0.25, -0.2) is 0 Å². The van der Waals surface area contributed by atoms with Crippen LogP contribution in [-0.2, 0) is 0 Å². The molecule has 0 atom stereocenters. The molecule has 0 radical (unpaired) electrons. The van der Waals surface area contributed by atoms with E-state index in [1.165, 1.54) is 5.56 Å². The number of nitrogens with zero attached hydrogens (tertiary/aromatic N) is 3. The zero-order valence-electron chi connectivity index (χ0n) is 12.9. The summed E-state index contributed by atoms with van der Waals surface area (Å²) in [4.78, 5) is 15.9. The molecule has 2 heterocycles. The molecule has 0 saturated carbocycles. The van der Waals surface area contributed by atoms with Crippen molar-refractivity contribution < 1.29 is 0 Å². The van der Waals surface area contributed by atoms with Crippen molar-refractivity contribution in [1.82, 2.24) is 15.2 Å². The van der Waals surface area contributed by atoms with Crippen molar-refractivity contribution >= 4 is 11.4 Å². The molecule has 0 amide bonds. The van der Waals surface area contributed by atoms with E-state index < -0.39 is 0 Å². The molecule has 6 heteroatoms. The van der Waals surface area contributed by atoms with Crippen LogP contribution in [0.25, 0.3) is 11.3 Å². The summed E-state index contributed by atoms with van der Waals surface area (Å²) in [5, 5.41) is 13.7. The molecule has 2 N–H and O–H groups in total. The first-order valence-electron chi connectivity index (χ1n) is 7.38. The van der Waals surface area contributed by atoms with Crippen molar-refractivity contribution in [1.29, 1.82) is 0 Å². The van der Waals surface area contributed by atoms with Crippen LogP contribution in [0.1, 0.15) is 25.3 Å². The van der Waals surface area contributed by atoms with Gasteiger partial charge >= 0.3 is 0 Å². The normalized spacial score (nSPS) is 11.4. The number of rotatable bonds is 4. The highest BCUT2D eigenvalue weighted by Gasteiger charge is 2.11. The van der Waals surface area contributed by atoms with Gasteiger partial charge in [-0.05, 0) is 35.7 Å². The van der Waals surface area contributed by atoms with Crippen molar-refractivity contribution in [3.8, 4) is 11.3 Å². The van der Waals surface area contributed by atoms with Gasteiger partial charge in [0.25, 0.3) is 5.56 Å². The van der Waals surface area contributed by atoms with E-state index in [0.717, 1.165) is 5.56 Å². The van der Waals surface area contributed by atoms with Gasteiger partial charge in [-0.15, -0.1) is 5.11 Å². The molecule has 23 heavy (non-hydrogen) atoms. The molecule has 6 nitrogen and oxygen atoms in total. The second-order valence-electron chi connectivity index (χ2n) is 5.48. The number of pyridine rings is 1. The van der Waals surface area contributed by atoms with Gasteiger partial charge in [0.2, 0.25) is 0 Å². The van der Waals surface area contributed by atoms with Gasteiger partial charge in [0.1, 0.15) is 0 Å². The van der Waals surface area contributed by atoms with Gasteiger partial charge < -0.3 is 0 Å². The van der Waals surface area contributed by atoms with Crippen molar-refractivity contribution in [3.63, 3.8) is 0 Å². The molecule has 3 aromatic rings. The molecule has 0 spiro atoms. The minimum atomic E-state index is -0.306. The first kappa shape index (κ1) is 14.9. The Morgan fingerprint density at radius 2 is 1.65 bits per heavy atom. The Bertz CT molecular complexity index is 860. The fourth-order valence-corrected chi connectivity index (χ4v) is 2.21. The van der Waals surface area contributed by atoms with Crippen LogP contribution in [-0.4, -0.2) is 15.2 Å². The van der Waals surface area contributed by atoms with E-state index in [0.29, 0.717) is 17.3 Å². The average molecular weight is 307 g/mol. The number of nitrogens with one attached hydrogen (secondary N) is 2. The third kappa shape index (κ3) is 3.26. The summed E-state index contributed by atoms with van der Waals surface area (Å²) in [6, 6.07) is 11.4. The number of H-pyrrole nitrogens is 2. The van der Waals surface area contributed by atoms with Crippen molar-refractivity contribution in [2.24, 2.45) is 10.2 Å². The smallest absolute Gasteiger partial charge is 0.292 e. The molecular formula is C17H17N5O. The highest BCUT2D eigenvalue weighted by atomic mass is 16.1. The lowest BCUT2D eigenvalue weighted by Gasteiger charge is -2.03. The van der Waals surface area contributed by atoms with Gasteiger partial charge in [-0.1, -0.05) is 26.0 Å². The summed E-state index contributed by atoms with van der Waals surface area (Å²) in [6.45, 7) is 4.27. The van der Waals surface area contributed by atoms with E-state index in [9.17, 15) is 4.79 Å². The number of benzene rings is 1. The number of azo groups is 1. The Kier molecular flexibility index (Phi) is 4.14. The third-order valence-electron chi connectivity index (χ3n) is 3.55. The zero-order valence-corrected chi connectivity index (χ0v) is 12.9. The molecule has 2 aromatic heterocycles. The maximum atomic E-state index is 11.9. The molecule has 0 aliphatic rings. The lowest BCUT2D eigenvalue weighted by Crippen LogP contribution is -1.96. The van der Waals surface area contributed by atoms with Crippen LogP contribution in [0.4, 0.5) is 11.4 Å². The molecule has 3 rings (SSSR count).